The van der Waals surface area contributed by atoms with E-state index >= 15 is 0 Å². The van der Waals surface area contributed by atoms with Gasteiger partial charge in [-0.3, -0.25) is 9.69 Å². The van der Waals surface area contributed by atoms with Gasteiger partial charge in [-0.2, -0.15) is 0 Å². The van der Waals surface area contributed by atoms with Gasteiger partial charge in [0, 0.05) is 5.92 Å². The Balaban J connectivity index is 1.57. The van der Waals surface area contributed by atoms with Crippen LogP contribution in [-0.2, 0) is 29.0 Å². The molecular weight excluding hydrogens is 362 g/mol. The lowest BCUT2D eigenvalue weighted by molar-refractivity contribution is -0.146. The molecule has 0 aromatic heterocycles. The number of carbonyl (C=O) groups is 3. The zero-order chi connectivity index (χ0) is 18.7. The number of aldehydes is 1. The van der Waals surface area contributed by atoms with Crippen molar-refractivity contribution < 1.29 is 32.6 Å². The van der Waals surface area contributed by atoms with E-state index < -0.39 is 37.9 Å². The van der Waals surface area contributed by atoms with Crippen LogP contribution in [0, 0.1) is 11.8 Å². The quantitative estimate of drug-likeness (QED) is 0.523. The SMILES string of the molecule is O=CC1CC1(OCC1C=C(C(=O)O)N2C(=O)C[C@@H]2S1(=O)=O)C1CCCC1. The van der Waals surface area contributed by atoms with Gasteiger partial charge in [-0.15, -0.1) is 0 Å². The first kappa shape index (κ1) is 17.7. The van der Waals surface area contributed by atoms with Crippen LogP contribution < -0.4 is 0 Å². The number of rotatable bonds is 6. The van der Waals surface area contributed by atoms with Crippen LogP contribution >= 0.6 is 0 Å². The van der Waals surface area contributed by atoms with E-state index in [4.69, 9.17) is 4.74 Å². The molecule has 3 unspecified atom stereocenters. The van der Waals surface area contributed by atoms with Crippen molar-refractivity contribution in [3.63, 3.8) is 0 Å². The van der Waals surface area contributed by atoms with Crippen LogP contribution in [0.2, 0.25) is 0 Å². The Kier molecular flexibility index (Phi) is 4.00. The normalized spacial score (nSPS) is 38.3. The fourth-order valence-electron chi connectivity index (χ4n) is 4.66. The molecule has 1 amide bonds. The molecule has 26 heavy (non-hydrogen) atoms. The summed E-state index contributed by atoms with van der Waals surface area (Å²) in [5, 5.41) is 7.08. The summed E-state index contributed by atoms with van der Waals surface area (Å²) in [6, 6.07) is 0. The summed E-state index contributed by atoms with van der Waals surface area (Å²) in [7, 11) is -3.75. The molecule has 0 radical (unpaired) electrons. The first-order chi connectivity index (χ1) is 12.3. The van der Waals surface area contributed by atoms with Gasteiger partial charge in [-0.1, -0.05) is 12.8 Å². The maximum absolute atomic E-state index is 12.7. The number of fused-ring (bicyclic) bond motifs is 1. The van der Waals surface area contributed by atoms with Crippen molar-refractivity contribution in [3.05, 3.63) is 11.8 Å². The summed E-state index contributed by atoms with van der Waals surface area (Å²) in [5.74, 6) is -1.81. The molecule has 3 fully saturated rings. The number of ether oxygens (including phenoxy) is 1. The zero-order valence-corrected chi connectivity index (χ0v) is 15.0. The molecule has 9 heteroatoms. The van der Waals surface area contributed by atoms with Crippen molar-refractivity contribution in [1.29, 1.82) is 0 Å². The molecule has 0 aromatic rings. The largest absolute Gasteiger partial charge is 0.477 e. The Hall–Kier alpha value is -1.74. The molecule has 4 aliphatic rings. The molecule has 0 aromatic carbocycles. The van der Waals surface area contributed by atoms with Gasteiger partial charge in [-0.05, 0) is 31.3 Å². The van der Waals surface area contributed by atoms with Gasteiger partial charge in [0.2, 0.25) is 5.91 Å². The van der Waals surface area contributed by atoms with Crippen LogP contribution in [0.1, 0.15) is 38.5 Å². The van der Waals surface area contributed by atoms with Crippen molar-refractivity contribution in [2.24, 2.45) is 11.8 Å². The molecule has 2 heterocycles. The molecule has 2 saturated carbocycles. The molecular formula is C17H21NO7S. The monoisotopic (exact) mass is 383 g/mol. The second-order valence-electron chi connectivity index (χ2n) is 7.60. The van der Waals surface area contributed by atoms with Crippen LogP contribution in [0.4, 0.5) is 0 Å². The maximum Gasteiger partial charge on any atom is 0.352 e. The molecule has 8 nitrogen and oxygen atoms in total. The van der Waals surface area contributed by atoms with E-state index in [0.717, 1.165) is 42.9 Å². The summed E-state index contributed by atoms with van der Waals surface area (Å²) in [5.41, 5.74) is -0.898. The molecule has 2 aliphatic heterocycles. The maximum atomic E-state index is 12.7. The van der Waals surface area contributed by atoms with Gasteiger partial charge in [0.25, 0.3) is 0 Å². The highest BCUT2D eigenvalue weighted by atomic mass is 32.2. The minimum absolute atomic E-state index is 0.182. The van der Waals surface area contributed by atoms with Gasteiger partial charge in [0.15, 0.2) is 9.84 Å². The number of hydrogen-bond acceptors (Lipinski definition) is 6. The van der Waals surface area contributed by atoms with E-state index in [0.29, 0.717) is 6.42 Å². The Morgan fingerprint density at radius 3 is 2.62 bits per heavy atom. The molecule has 0 bridgehead atoms. The highest BCUT2D eigenvalue weighted by Crippen LogP contribution is 2.56. The van der Waals surface area contributed by atoms with Crippen LogP contribution in [0.25, 0.3) is 0 Å². The van der Waals surface area contributed by atoms with E-state index in [2.05, 4.69) is 0 Å². The number of amides is 1. The van der Waals surface area contributed by atoms with Gasteiger partial charge < -0.3 is 14.6 Å². The summed E-state index contributed by atoms with van der Waals surface area (Å²) >= 11 is 0. The predicted octanol–water partition coefficient (Wildman–Crippen LogP) is 0.475. The molecule has 1 saturated heterocycles. The van der Waals surface area contributed by atoms with Crippen molar-refractivity contribution in [1.82, 2.24) is 4.90 Å². The number of carboxylic acids is 1. The van der Waals surface area contributed by atoms with Crippen LogP contribution in [-0.4, -0.2) is 59.4 Å². The summed E-state index contributed by atoms with van der Waals surface area (Å²) in [6.07, 6.45) is 6.44. The van der Waals surface area contributed by atoms with Crippen LogP contribution in [0.3, 0.4) is 0 Å². The smallest absolute Gasteiger partial charge is 0.352 e. The average molecular weight is 383 g/mol. The summed E-state index contributed by atoms with van der Waals surface area (Å²) < 4.78 is 31.4. The minimum Gasteiger partial charge on any atom is -0.477 e. The van der Waals surface area contributed by atoms with E-state index in [1.807, 2.05) is 0 Å². The van der Waals surface area contributed by atoms with Crippen molar-refractivity contribution in [3.8, 4) is 0 Å². The highest BCUT2D eigenvalue weighted by Gasteiger charge is 2.61. The average Bonchev–Trinajstić information content (AvgIpc) is 3.01. The lowest BCUT2D eigenvalue weighted by Crippen LogP contribution is -2.61. The zero-order valence-electron chi connectivity index (χ0n) is 14.2. The lowest BCUT2D eigenvalue weighted by Gasteiger charge is -2.44. The van der Waals surface area contributed by atoms with Gasteiger partial charge >= 0.3 is 5.97 Å². The lowest BCUT2D eigenvalue weighted by atomic mass is 9.96. The standard InChI is InChI=1S/C17H21NO7S/c19-8-11-7-17(11,10-3-1-2-4-10)25-9-12-5-13(16(21)22)18-14(20)6-15(18)26(12,23)24/h5,8,10-12,15H,1-4,6-7,9H2,(H,21,22)/t11?,12?,15-,17?/m0/s1. The third kappa shape index (κ3) is 2.44. The van der Waals surface area contributed by atoms with E-state index in [1.54, 1.807) is 0 Å². The number of sulfone groups is 1. The molecule has 1 N–H and O–H groups in total. The Morgan fingerprint density at radius 2 is 2.08 bits per heavy atom. The van der Waals surface area contributed by atoms with E-state index in [-0.39, 0.29) is 30.6 Å². The number of carbonyl (C=O) groups excluding carboxylic acids is 2. The first-order valence-electron chi connectivity index (χ1n) is 8.90. The Morgan fingerprint density at radius 1 is 1.38 bits per heavy atom. The fourth-order valence-corrected chi connectivity index (χ4v) is 6.54. The number of hydrogen-bond donors (Lipinski definition) is 1. The molecule has 4 atom stereocenters. The molecule has 4 rings (SSSR count). The van der Waals surface area contributed by atoms with Crippen LogP contribution in [0.5, 0.6) is 0 Å². The Bertz CT molecular complexity index is 798. The van der Waals surface area contributed by atoms with Gasteiger partial charge in [0.05, 0.1) is 18.6 Å². The fraction of sp³-hybridized carbons (Fsp3) is 0.706. The first-order valence-corrected chi connectivity index (χ1v) is 10.5. The predicted molar refractivity (Wildman–Crippen MR) is 88.5 cm³/mol. The van der Waals surface area contributed by atoms with Crippen molar-refractivity contribution >= 4 is 28.0 Å². The molecule has 2 aliphatic carbocycles. The van der Waals surface area contributed by atoms with Gasteiger partial charge in [-0.25, -0.2) is 13.2 Å². The summed E-state index contributed by atoms with van der Waals surface area (Å²) in [6.45, 7) is -0.182. The van der Waals surface area contributed by atoms with Crippen LogP contribution in [0.15, 0.2) is 11.8 Å². The number of aliphatic carboxylic acids is 1. The summed E-state index contributed by atoms with van der Waals surface area (Å²) in [4.78, 5) is 35.2. The third-order valence-electron chi connectivity index (χ3n) is 6.26. The molecule has 0 spiro atoms. The van der Waals surface area contributed by atoms with E-state index in [9.17, 15) is 27.9 Å². The van der Waals surface area contributed by atoms with Crippen molar-refractivity contribution in [2.45, 2.75) is 54.7 Å². The third-order valence-corrected chi connectivity index (χ3v) is 8.51. The molecule has 142 valence electrons. The Labute approximate surface area is 151 Å². The number of carboxylic acid groups (broad SMARTS) is 1. The van der Waals surface area contributed by atoms with Crippen molar-refractivity contribution in [2.75, 3.05) is 6.61 Å². The minimum atomic E-state index is -3.75. The highest BCUT2D eigenvalue weighted by molar-refractivity contribution is 7.93. The second-order valence-corrected chi connectivity index (χ2v) is 9.93. The second kappa shape index (κ2) is 5.88. The topological polar surface area (TPSA) is 118 Å². The number of β-lactam (4-membered cyclic amide) rings is 1. The van der Waals surface area contributed by atoms with E-state index in [1.165, 1.54) is 0 Å². The van der Waals surface area contributed by atoms with Gasteiger partial charge in [0.1, 0.15) is 22.6 Å². The number of nitrogens with zero attached hydrogens (tertiary/aromatic N) is 1.